The summed E-state index contributed by atoms with van der Waals surface area (Å²) in [6, 6.07) is 0. The molecule has 0 bridgehead atoms. The van der Waals surface area contributed by atoms with E-state index in [2.05, 4.69) is 10.3 Å². The molecule has 0 saturated carbocycles. The van der Waals surface area contributed by atoms with Crippen LogP contribution < -0.4 is 11.1 Å². The number of aromatic nitrogens is 1. The average Bonchev–Trinajstić information content (AvgIpc) is 2.67. The van der Waals surface area contributed by atoms with Crippen LogP contribution in [0.5, 0.6) is 0 Å². The first-order chi connectivity index (χ1) is 9.40. The van der Waals surface area contributed by atoms with E-state index < -0.39 is 34.3 Å². The second-order valence-electron chi connectivity index (χ2n) is 5.05. The van der Waals surface area contributed by atoms with Gasteiger partial charge in [0.15, 0.2) is 5.69 Å². The van der Waals surface area contributed by atoms with Crippen LogP contribution >= 0.6 is 11.3 Å². The molecule has 1 amide bonds. The van der Waals surface area contributed by atoms with Crippen molar-refractivity contribution in [1.82, 2.24) is 10.3 Å². The van der Waals surface area contributed by atoms with Crippen molar-refractivity contribution >= 4 is 23.3 Å². The lowest BCUT2D eigenvalue weighted by Crippen LogP contribution is -2.32. The number of ether oxygens (including phenoxy) is 1. The Balaban J connectivity index is 2.82. The number of amidine groups is 1. The summed E-state index contributed by atoms with van der Waals surface area (Å²) < 4.78 is 43.1. The quantitative estimate of drug-likeness (QED) is 0.587. The van der Waals surface area contributed by atoms with E-state index in [0.29, 0.717) is 11.3 Å². The fraction of sp³-hybridized carbons (Fsp3) is 0.545. The maximum absolute atomic E-state index is 12.7. The minimum atomic E-state index is -4.71. The highest BCUT2D eigenvalue weighted by Crippen LogP contribution is 2.34. The monoisotopic (exact) mass is 324 g/mol. The van der Waals surface area contributed by atoms with Gasteiger partial charge in [0.1, 0.15) is 21.3 Å². The number of nitrogen functional groups attached to an aromatic ring is 1. The summed E-state index contributed by atoms with van der Waals surface area (Å²) in [5.74, 6) is -0.719. The molecule has 0 aliphatic carbocycles. The second-order valence-corrected chi connectivity index (χ2v) is 6.14. The first kappa shape index (κ1) is 17.2. The third-order valence-corrected chi connectivity index (χ3v) is 3.06. The third kappa shape index (κ3) is 5.21. The predicted octanol–water partition coefficient (Wildman–Crippen LogP) is 2.47. The number of thiazole rings is 1. The standard InChI is InChI=1S/C11H15F3N4O2S/c1-10(2,3)20-9(19)17-4-5-18-7(11(12,13)14)6(21-5)8(15)16/h4H2,1-3H3,(H3,15,16)(H,17,19). The molecule has 0 fully saturated rings. The number of hydrogen-bond acceptors (Lipinski definition) is 5. The second kappa shape index (κ2) is 5.88. The van der Waals surface area contributed by atoms with Gasteiger partial charge >= 0.3 is 12.3 Å². The highest BCUT2D eigenvalue weighted by atomic mass is 32.1. The molecule has 0 atom stereocenters. The molecule has 4 N–H and O–H groups in total. The maximum Gasteiger partial charge on any atom is 0.434 e. The molecule has 6 nitrogen and oxygen atoms in total. The number of carbonyl (C=O) groups is 1. The number of carbonyl (C=O) groups excluding carboxylic acids is 1. The molecule has 0 saturated heterocycles. The van der Waals surface area contributed by atoms with Crippen molar-refractivity contribution in [2.75, 3.05) is 0 Å². The van der Waals surface area contributed by atoms with E-state index in [0.717, 1.165) is 0 Å². The Morgan fingerprint density at radius 3 is 2.38 bits per heavy atom. The molecule has 0 aromatic carbocycles. The number of nitrogens with zero attached hydrogens (tertiary/aromatic N) is 1. The van der Waals surface area contributed by atoms with Crippen molar-refractivity contribution in [3.8, 4) is 0 Å². The molecule has 1 heterocycles. The highest BCUT2D eigenvalue weighted by molar-refractivity contribution is 7.13. The zero-order valence-corrected chi connectivity index (χ0v) is 12.4. The molecule has 118 valence electrons. The summed E-state index contributed by atoms with van der Waals surface area (Å²) >= 11 is 0.604. The van der Waals surface area contributed by atoms with Gasteiger partial charge in [-0.1, -0.05) is 0 Å². The molecule has 0 aliphatic heterocycles. The van der Waals surface area contributed by atoms with Crippen LogP contribution in [0, 0.1) is 5.41 Å². The van der Waals surface area contributed by atoms with E-state index in [1.54, 1.807) is 20.8 Å². The maximum atomic E-state index is 12.7. The van der Waals surface area contributed by atoms with Gasteiger partial charge in [-0.05, 0) is 20.8 Å². The van der Waals surface area contributed by atoms with Crippen LogP contribution in [0.3, 0.4) is 0 Å². The van der Waals surface area contributed by atoms with Crippen molar-refractivity contribution in [2.45, 2.75) is 39.1 Å². The normalized spacial score (nSPS) is 12.1. The van der Waals surface area contributed by atoms with E-state index >= 15 is 0 Å². The summed E-state index contributed by atoms with van der Waals surface area (Å²) in [5, 5.41) is 9.42. The minimum absolute atomic E-state index is 0.0154. The number of alkyl carbamates (subject to hydrolysis) is 1. The number of nitrogens with one attached hydrogen (secondary N) is 2. The number of amides is 1. The Hall–Kier alpha value is -1.84. The number of hydrogen-bond donors (Lipinski definition) is 3. The van der Waals surface area contributed by atoms with Crippen molar-refractivity contribution in [2.24, 2.45) is 5.73 Å². The largest absolute Gasteiger partial charge is 0.444 e. The topological polar surface area (TPSA) is 101 Å². The van der Waals surface area contributed by atoms with E-state index in [4.69, 9.17) is 15.9 Å². The molecule has 0 unspecified atom stereocenters. The van der Waals surface area contributed by atoms with Crippen LogP contribution in [0.4, 0.5) is 18.0 Å². The van der Waals surface area contributed by atoms with Gasteiger partial charge in [0, 0.05) is 0 Å². The van der Waals surface area contributed by atoms with Gasteiger partial charge in [0.25, 0.3) is 0 Å². The van der Waals surface area contributed by atoms with Crippen LogP contribution in [-0.4, -0.2) is 22.5 Å². The fourth-order valence-corrected chi connectivity index (χ4v) is 2.16. The van der Waals surface area contributed by atoms with Crippen LogP contribution in [0.1, 0.15) is 36.3 Å². The first-order valence-electron chi connectivity index (χ1n) is 5.78. The van der Waals surface area contributed by atoms with Crippen LogP contribution in [-0.2, 0) is 17.5 Å². The van der Waals surface area contributed by atoms with Gasteiger partial charge in [-0.3, -0.25) is 5.41 Å². The van der Waals surface area contributed by atoms with E-state index in [1.165, 1.54) is 0 Å². The van der Waals surface area contributed by atoms with Crippen LogP contribution in [0.2, 0.25) is 0 Å². The van der Waals surface area contributed by atoms with E-state index in [9.17, 15) is 18.0 Å². The molecule has 1 aromatic rings. The summed E-state index contributed by atoms with van der Waals surface area (Å²) in [6.07, 6.45) is -5.47. The highest BCUT2D eigenvalue weighted by Gasteiger charge is 2.38. The summed E-state index contributed by atoms with van der Waals surface area (Å²) in [4.78, 5) is 14.3. The molecule has 21 heavy (non-hydrogen) atoms. The lowest BCUT2D eigenvalue weighted by atomic mass is 10.2. The number of nitrogens with two attached hydrogens (primary N) is 1. The van der Waals surface area contributed by atoms with E-state index in [-0.39, 0.29) is 11.6 Å². The summed E-state index contributed by atoms with van der Waals surface area (Å²) in [7, 11) is 0. The summed E-state index contributed by atoms with van der Waals surface area (Å²) in [6.45, 7) is 4.73. The lowest BCUT2D eigenvalue weighted by Gasteiger charge is -2.19. The molecule has 1 rings (SSSR count). The van der Waals surface area contributed by atoms with Crippen molar-refractivity contribution in [3.63, 3.8) is 0 Å². The van der Waals surface area contributed by atoms with Gasteiger partial charge in [0.05, 0.1) is 6.54 Å². The van der Waals surface area contributed by atoms with Gasteiger partial charge in [0.2, 0.25) is 0 Å². The average molecular weight is 324 g/mol. The molecule has 0 radical (unpaired) electrons. The van der Waals surface area contributed by atoms with Gasteiger partial charge in [-0.25, -0.2) is 9.78 Å². The van der Waals surface area contributed by atoms with Crippen molar-refractivity contribution in [3.05, 3.63) is 15.6 Å². The minimum Gasteiger partial charge on any atom is -0.444 e. The van der Waals surface area contributed by atoms with E-state index in [1.807, 2.05) is 0 Å². The third-order valence-electron chi connectivity index (χ3n) is 1.97. The summed E-state index contributed by atoms with van der Waals surface area (Å²) in [5.41, 5.74) is 3.17. The predicted molar refractivity (Wildman–Crippen MR) is 71.2 cm³/mol. The fourth-order valence-electron chi connectivity index (χ4n) is 1.28. The SMILES string of the molecule is CC(C)(C)OC(=O)NCc1nc(C(F)(F)F)c(C(=N)N)s1. The number of halogens is 3. The van der Waals surface area contributed by atoms with Gasteiger partial charge in [-0.15, -0.1) is 11.3 Å². The van der Waals surface area contributed by atoms with Crippen molar-refractivity contribution < 1.29 is 22.7 Å². The molecule has 0 spiro atoms. The molecule has 0 aliphatic rings. The van der Waals surface area contributed by atoms with Crippen LogP contribution in [0.25, 0.3) is 0 Å². The molecular formula is C11H15F3N4O2S. The van der Waals surface area contributed by atoms with Gasteiger partial charge in [-0.2, -0.15) is 13.2 Å². The Morgan fingerprint density at radius 1 is 1.43 bits per heavy atom. The van der Waals surface area contributed by atoms with Crippen molar-refractivity contribution in [1.29, 1.82) is 5.41 Å². The Kier molecular flexibility index (Phi) is 4.82. The van der Waals surface area contributed by atoms with Gasteiger partial charge < -0.3 is 15.8 Å². The molecule has 1 aromatic heterocycles. The number of rotatable bonds is 3. The Labute approximate surface area is 123 Å². The zero-order valence-electron chi connectivity index (χ0n) is 11.6. The Morgan fingerprint density at radius 2 is 2.00 bits per heavy atom. The zero-order chi connectivity index (χ0) is 16.4. The molecular weight excluding hydrogens is 309 g/mol. The first-order valence-corrected chi connectivity index (χ1v) is 6.60. The van der Waals surface area contributed by atoms with Crippen LogP contribution in [0.15, 0.2) is 0 Å². The Bertz CT molecular complexity index is 549. The molecule has 10 heteroatoms. The number of alkyl halides is 3. The smallest absolute Gasteiger partial charge is 0.434 e. The lowest BCUT2D eigenvalue weighted by molar-refractivity contribution is -0.140.